The van der Waals surface area contributed by atoms with Crippen LogP contribution in [-0.4, -0.2) is 34.1 Å². The topological polar surface area (TPSA) is 140 Å². The molecule has 8 heteroatoms. The van der Waals surface area contributed by atoms with Crippen LogP contribution in [0.15, 0.2) is 29.2 Å². The van der Waals surface area contributed by atoms with Gasteiger partial charge in [-0.3, -0.25) is 14.4 Å². The molecule has 1 unspecified atom stereocenters. The third-order valence-corrected chi connectivity index (χ3v) is 3.53. The monoisotopic (exact) mass is 318 g/mol. The van der Waals surface area contributed by atoms with E-state index in [-0.39, 0.29) is 12.1 Å². The number of hydrogen-bond donors (Lipinski definition) is 4. The number of carbonyl (C=O) groups is 2. The SMILES string of the molecule is Cn1cc(C(=O)NCC(N)C(=O)O)c(=O)c2ccc(CN)cc21. The molecular weight excluding hydrogens is 300 g/mol. The van der Waals surface area contributed by atoms with Crippen LogP contribution in [0.2, 0.25) is 0 Å². The number of carbonyl (C=O) groups excluding carboxylic acids is 1. The first-order valence-corrected chi connectivity index (χ1v) is 6.94. The van der Waals surface area contributed by atoms with Crippen LogP contribution < -0.4 is 22.2 Å². The zero-order valence-electron chi connectivity index (χ0n) is 12.6. The predicted molar refractivity (Wildman–Crippen MR) is 85.0 cm³/mol. The summed E-state index contributed by atoms with van der Waals surface area (Å²) >= 11 is 0. The summed E-state index contributed by atoms with van der Waals surface area (Å²) in [6.45, 7) is 0.0842. The van der Waals surface area contributed by atoms with E-state index in [2.05, 4.69) is 5.32 Å². The lowest BCUT2D eigenvalue weighted by Crippen LogP contribution is -2.43. The molecule has 0 aliphatic rings. The van der Waals surface area contributed by atoms with Crippen molar-refractivity contribution in [2.24, 2.45) is 18.5 Å². The highest BCUT2D eigenvalue weighted by atomic mass is 16.4. The summed E-state index contributed by atoms with van der Waals surface area (Å²) in [5.74, 6) is -1.89. The van der Waals surface area contributed by atoms with Crippen LogP contribution in [0.3, 0.4) is 0 Å². The van der Waals surface area contributed by atoms with Gasteiger partial charge in [0.1, 0.15) is 11.6 Å². The molecule has 0 spiro atoms. The number of carboxylic acids is 1. The fourth-order valence-electron chi connectivity index (χ4n) is 2.20. The van der Waals surface area contributed by atoms with Crippen molar-refractivity contribution in [1.29, 1.82) is 0 Å². The molecule has 0 aliphatic carbocycles. The minimum Gasteiger partial charge on any atom is -0.480 e. The molecule has 0 saturated carbocycles. The Labute approximate surface area is 131 Å². The molecule has 23 heavy (non-hydrogen) atoms. The maximum atomic E-state index is 12.4. The van der Waals surface area contributed by atoms with Crippen molar-refractivity contribution < 1.29 is 14.7 Å². The van der Waals surface area contributed by atoms with E-state index in [9.17, 15) is 14.4 Å². The second-order valence-electron chi connectivity index (χ2n) is 5.19. The van der Waals surface area contributed by atoms with Crippen molar-refractivity contribution in [3.05, 3.63) is 45.7 Å². The van der Waals surface area contributed by atoms with E-state index < -0.39 is 23.3 Å². The lowest BCUT2D eigenvalue weighted by Gasteiger charge is -2.11. The van der Waals surface area contributed by atoms with Gasteiger partial charge >= 0.3 is 5.97 Å². The van der Waals surface area contributed by atoms with Crippen molar-refractivity contribution in [3.8, 4) is 0 Å². The van der Waals surface area contributed by atoms with Gasteiger partial charge in [-0.05, 0) is 17.7 Å². The van der Waals surface area contributed by atoms with Crippen LogP contribution in [0.1, 0.15) is 15.9 Å². The number of benzene rings is 1. The summed E-state index contributed by atoms with van der Waals surface area (Å²) in [4.78, 5) is 35.2. The Morgan fingerprint density at radius 1 is 1.39 bits per heavy atom. The van der Waals surface area contributed by atoms with Gasteiger partial charge in [-0.1, -0.05) is 6.07 Å². The number of nitrogens with one attached hydrogen (secondary N) is 1. The van der Waals surface area contributed by atoms with Gasteiger partial charge in [-0.15, -0.1) is 0 Å². The first-order chi connectivity index (χ1) is 10.8. The van der Waals surface area contributed by atoms with Gasteiger partial charge in [-0.25, -0.2) is 0 Å². The molecule has 1 amide bonds. The summed E-state index contributed by atoms with van der Waals surface area (Å²) in [5.41, 5.74) is 11.9. The van der Waals surface area contributed by atoms with Crippen LogP contribution in [0.25, 0.3) is 10.9 Å². The van der Waals surface area contributed by atoms with Crippen molar-refractivity contribution >= 4 is 22.8 Å². The smallest absolute Gasteiger partial charge is 0.322 e. The molecule has 1 heterocycles. The van der Waals surface area contributed by atoms with E-state index in [0.717, 1.165) is 5.56 Å². The highest BCUT2D eigenvalue weighted by Gasteiger charge is 2.17. The molecule has 2 aromatic rings. The Kier molecular flexibility index (Phi) is 4.77. The summed E-state index contributed by atoms with van der Waals surface area (Å²) in [7, 11) is 1.71. The van der Waals surface area contributed by atoms with E-state index in [4.69, 9.17) is 16.6 Å². The Balaban J connectivity index is 2.39. The average Bonchev–Trinajstić information content (AvgIpc) is 2.54. The van der Waals surface area contributed by atoms with E-state index in [1.54, 1.807) is 29.8 Å². The molecule has 1 aromatic heterocycles. The first-order valence-electron chi connectivity index (χ1n) is 6.94. The van der Waals surface area contributed by atoms with E-state index >= 15 is 0 Å². The molecule has 2 rings (SSSR count). The molecule has 0 aliphatic heterocycles. The van der Waals surface area contributed by atoms with Crippen LogP contribution in [0, 0.1) is 0 Å². The first kappa shape index (κ1) is 16.7. The number of carboxylic acid groups (broad SMARTS) is 1. The van der Waals surface area contributed by atoms with Gasteiger partial charge in [0.25, 0.3) is 5.91 Å². The molecular formula is C15H18N4O4. The number of fused-ring (bicyclic) bond motifs is 1. The summed E-state index contributed by atoms with van der Waals surface area (Å²) in [5, 5.41) is 11.4. The molecule has 0 saturated heterocycles. The van der Waals surface area contributed by atoms with Crippen LogP contribution >= 0.6 is 0 Å². The van der Waals surface area contributed by atoms with Gasteiger partial charge in [0, 0.05) is 31.7 Å². The molecule has 0 radical (unpaired) electrons. The standard InChI is InChI=1S/C15H18N4O4/c1-19-7-10(14(21)18-6-11(17)15(22)23)13(20)9-3-2-8(5-16)4-12(9)19/h2-4,7,11H,5-6,16-17H2,1H3,(H,18,21)(H,22,23). The fraction of sp³-hybridized carbons (Fsp3) is 0.267. The summed E-state index contributed by atoms with van der Waals surface area (Å²) in [6, 6.07) is 3.92. The van der Waals surface area contributed by atoms with E-state index in [0.29, 0.717) is 17.4 Å². The molecule has 8 nitrogen and oxygen atoms in total. The van der Waals surface area contributed by atoms with Gasteiger partial charge in [0.05, 0.1) is 5.52 Å². The highest BCUT2D eigenvalue weighted by molar-refractivity contribution is 5.97. The zero-order chi connectivity index (χ0) is 17.1. The molecule has 0 fully saturated rings. The maximum absolute atomic E-state index is 12.4. The summed E-state index contributed by atoms with van der Waals surface area (Å²) in [6.07, 6.45) is 1.41. The van der Waals surface area contributed by atoms with E-state index in [1.807, 2.05) is 0 Å². The summed E-state index contributed by atoms with van der Waals surface area (Å²) < 4.78 is 1.65. The van der Waals surface area contributed by atoms with Gasteiger partial charge in [-0.2, -0.15) is 0 Å². The predicted octanol–water partition coefficient (Wildman–Crippen LogP) is -0.861. The molecule has 6 N–H and O–H groups in total. The molecule has 1 aromatic carbocycles. The number of pyridine rings is 1. The Morgan fingerprint density at radius 3 is 2.70 bits per heavy atom. The molecule has 1 atom stereocenters. The normalized spacial score (nSPS) is 12.1. The number of aromatic nitrogens is 1. The van der Waals surface area contributed by atoms with Gasteiger partial charge < -0.3 is 26.5 Å². The Bertz CT molecular complexity index is 828. The second-order valence-corrected chi connectivity index (χ2v) is 5.19. The molecule has 0 bridgehead atoms. The number of rotatable bonds is 5. The lowest BCUT2D eigenvalue weighted by atomic mass is 10.1. The largest absolute Gasteiger partial charge is 0.480 e. The lowest BCUT2D eigenvalue weighted by molar-refractivity contribution is -0.138. The minimum atomic E-state index is -1.23. The highest BCUT2D eigenvalue weighted by Crippen LogP contribution is 2.13. The van der Waals surface area contributed by atoms with Crippen molar-refractivity contribution in [2.75, 3.05) is 6.54 Å². The van der Waals surface area contributed by atoms with Crippen LogP contribution in [0.5, 0.6) is 0 Å². The van der Waals surface area contributed by atoms with Gasteiger partial charge in [0.2, 0.25) is 5.43 Å². The van der Waals surface area contributed by atoms with Crippen LogP contribution in [0.4, 0.5) is 0 Å². The third kappa shape index (κ3) is 3.38. The number of aryl methyl sites for hydroxylation is 1. The van der Waals surface area contributed by atoms with Crippen LogP contribution in [-0.2, 0) is 18.4 Å². The Hall–Kier alpha value is -2.71. The third-order valence-electron chi connectivity index (χ3n) is 3.53. The minimum absolute atomic E-state index is 0.0712. The number of amides is 1. The average molecular weight is 318 g/mol. The zero-order valence-corrected chi connectivity index (χ0v) is 12.6. The maximum Gasteiger partial charge on any atom is 0.322 e. The van der Waals surface area contributed by atoms with Crippen molar-refractivity contribution in [1.82, 2.24) is 9.88 Å². The quantitative estimate of drug-likeness (QED) is 0.565. The fourth-order valence-corrected chi connectivity index (χ4v) is 2.20. The second kappa shape index (κ2) is 6.59. The van der Waals surface area contributed by atoms with E-state index in [1.165, 1.54) is 6.20 Å². The number of aliphatic carboxylic acids is 1. The number of nitrogens with zero attached hydrogens (tertiary/aromatic N) is 1. The Morgan fingerprint density at radius 2 is 2.09 bits per heavy atom. The van der Waals surface area contributed by atoms with Gasteiger partial charge in [0.15, 0.2) is 0 Å². The van der Waals surface area contributed by atoms with Crippen molar-refractivity contribution in [2.45, 2.75) is 12.6 Å². The molecule has 122 valence electrons. The van der Waals surface area contributed by atoms with Crippen molar-refractivity contribution in [3.63, 3.8) is 0 Å². The number of hydrogen-bond acceptors (Lipinski definition) is 5. The number of nitrogens with two attached hydrogens (primary N) is 2.